The molecular weight excluding hydrogens is 516 g/mol. The van der Waals surface area contributed by atoms with Gasteiger partial charge in [0.25, 0.3) is 5.91 Å². The van der Waals surface area contributed by atoms with Crippen LogP contribution in [0, 0.1) is 13.8 Å². The second-order valence-electron chi connectivity index (χ2n) is 10.4. The molecule has 3 rings (SSSR count). The number of unbranched alkanes of at least 4 members (excludes halogenated alkanes) is 1. The van der Waals surface area contributed by atoms with Gasteiger partial charge in [-0.3, -0.25) is 4.79 Å². The van der Waals surface area contributed by atoms with Gasteiger partial charge in [0.2, 0.25) is 0 Å². The van der Waals surface area contributed by atoms with Crippen LogP contribution >= 0.6 is 11.6 Å². The summed E-state index contributed by atoms with van der Waals surface area (Å²) in [6.45, 7) is 9.87. The maximum Gasteiger partial charge on any atom is 0.339 e. The Morgan fingerprint density at radius 2 is 1.92 bits per heavy atom. The number of benzene rings is 1. The van der Waals surface area contributed by atoms with Gasteiger partial charge in [-0.05, 0) is 75.6 Å². The van der Waals surface area contributed by atoms with Crippen LogP contribution in [-0.2, 0) is 25.5 Å². The van der Waals surface area contributed by atoms with Gasteiger partial charge in [-0.15, -0.1) is 0 Å². The molecule has 1 unspecified atom stereocenters. The molecule has 7 nitrogen and oxygen atoms in total. The molecule has 1 amide bonds. The number of carbonyl (C=O) groups is 2. The molecular formula is C31H43ClN2O5. The van der Waals surface area contributed by atoms with Crippen LogP contribution in [0.25, 0.3) is 0 Å². The van der Waals surface area contributed by atoms with Gasteiger partial charge in [-0.2, -0.15) is 0 Å². The summed E-state index contributed by atoms with van der Waals surface area (Å²) in [6, 6.07) is 1.90. The predicted molar refractivity (Wildman–Crippen MR) is 155 cm³/mol. The maximum atomic E-state index is 13.3. The molecule has 1 aromatic rings. The predicted octanol–water partition coefficient (Wildman–Crippen LogP) is 6.52. The largest absolute Gasteiger partial charge is 0.459 e. The van der Waals surface area contributed by atoms with Crippen LogP contribution in [0.5, 0.6) is 0 Å². The van der Waals surface area contributed by atoms with Crippen molar-refractivity contribution in [3.63, 3.8) is 0 Å². The molecule has 0 aliphatic carbocycles. The summed E-state index contributed by atoms with van der Waals surface area (Å²) < 4.78 is 11.9. The van der Waals surface area contributed by atoms with Crippen molar-refractivity contribution in [3.8, 4) is 0 Å². The molecule has 1 saturated heterocycles. The summed E-state index contributed by atoms with van der Waals surface area (Å²) in [7, 11) is 0. The van der Waals surface area contributed by atoms with E-state index in [4.69, 9.17) is 25.9 Å². The fourth-order valence-corrected chi connectivity index (χ4v) is 5.05. The van der Waals surface area contributed by atoms with E-state index in [1.807, 2.05) is 56.0 Å². The highest BCUT2D eigenvalue weighted by molar-refractivity contribution is 6.33. The van der Waals surface area contributed by atoms with Crippen LogP contribution < -0.4 is 0 Å². The van der Waals surface area contributed by atoms with Gasteiger partial charge in [-0.1, -0.05) is 54.4 Å². The van der Waals surface area contributed by atoms with E-state index in [1.165, 1.54) is 0 Å². The number of cyclic esters (lactones) is 1. The van der Waals surface area contributed by atoms with Crippen LogP contribution in [0.3, 0.4) is 0 Å². The van der Waals surface area contributed by atoms with Gasteiger partial charge in [-0.25, -0.2) is 4.79 Å². The summed E-state index contributed by atoms with van der Waals surface area (Å²) >= 11 is 6.76. The first kappa shape index (κ1) is 30.9. The van der Waals surface area contributed by atoms with Crippen molar-refractivity contribution >= 4 is 29.2 Å². The summed E-state index contributed by atoms with van der Waals surface area (Å²) in [5.74, 6) is -0.483. The Morgan fingerprint density at radius 3 is 2.67 bits per heavy atom. The Balaban J connectivity index is 1.91. The highest BCUT2D eigenvalue weighted by Gasteiger charge is 2.23. The molecule has 8 heteroatoms. The third kappa shape index (κ3) is 9.50. The molecule has 0 bridgehead atoms. The number of piperidine rings is 1. The maximum absolute atomic E-state index is 13.3. The summed E-state index contributed by atoms with van der Waals surface area (Å²) in [6.07, 6.45) is 14.2. The van der Waals surface area contributed by atoms with Crippen LogP contribution in [0.15, 0.2) is 35.5 Å². The monoisotopic (exact) mass is 558 g/mol. The number of aryl methyl sites for hydroxylation is 2. The van der Waals surface area contributed by atoms with Gasteiger partial charge in [0.1, 0.15) is 6.10 Å². The molecule has 1 fully saturated rings. The molecule has 0 saturated carbocycles. The fourth-order valence-electron chi connectivity index (χ4n) is 4.84. The van der Waals surface area contributed by atoms with Crippen molar-refractivity contribution in [1.29, 1.82) is 0 Å². The van der Waals surface area contributed by atoms with Crippen molar-refractivity contribution in [1.82, 2.24) is 4.90 Å². The first-order valence-corrected chi connectivity index (χ1v) is 14.6. The standard InChI is InChI=1S/C31H43ClN2O5/c1-5-6-18-37-26-14-10-12-24(4)39-31(36)29-22(2)19-23(3)30(32)27(29)20-25(13-11-15-26)33-38-21-28(35)34-16-8-7-9-17-34/h10-11,13-14,19,24,26H,5-9,12,15-18,20-21H2,1-4H3/b13-11+,14-10?,33-25+/t24-,26?/m1/s1. The lowest BCUT2D eigenvalue weighted by atomic mass is 9.94. The molecule has 2 aliphatic rings. The van der Waals surface area contributed by atoms with E-state index in [-0.39, 0.29) is 31.1 Å². The summed E-state index contributed by atoms with van der Waals surface area (Å²) in [5.41, 5.74) is 3.31. The first-order chi connectivity index (χ1) is 18.8. The van der Waals surface area contributed by atoms with Crippen molar-refractivity contribution in [2.75, 3.05) is 26.3 Å². The number of amides is 1. The molecule has 2 heterocycles. The minimum atomic E-state index is -0.414. The number of rotatable bonds is 7. The van der Waals surface area contributed by atoms with Crippen molar-refractivity contribution in [2.45, 2.75) is 91.3 Å². The number of halogens is 1. The highest BCUT2D eigenvalue weighted by atomic mass is 35.5. The number of carbonyl (C=O) groups excluding carboxylic acids is 2. The number of esters is 1. The quantitative estimate of drug-likeness (QED) is 0.165. The molecule has 39 heavy (non-hydrogen) atoms. The Labute approximate surface area is 238 Å². The van der Waals surface area contributed by atoms with Crippen LogP contribution in [0.2, 0.25) is 5.02 Å². The fraction of sp³-hybridized carbons (Fsp3) is 0.581. The van der Waals surface area contributed by atoms with E-state index in [1.54, 1.807) is 0 Å². The summed E-state index contributed by atoms with van der Waals surface area (Å²) in [5, 5.41) is 4.84. The zero-order valence-corrected chi connectivity index (χ0v) is 24.6. The number of allylic oxidation sites excluding steroid dienone is 1. The van der Waals surface area contributed by atoms with Gasteiger partial charge in [0, 0.05) is 37.6 Å². The number of ether oxygens (including phenoxy) is 2. The smallest absolute Gasteiger partial charge is 0.339 e. The molecule has 214 valence electrons. The van der Waals surface area contributed by atoms with Crippen molar-refractivity contribution in [2.24, 2.45) is 5.16 Å². The van der Waals surface area contributed by atoms with E-state index < -0.39 is 5.97 Å². The van der Waals surface area contributed by atoms with E-state index in [9.17, 15) is 9.59 Å². The second-order valence-corrected chi connectivity index (χ2v) is 10.8. The number of fused-ring (bicyclic) bond motifs is 1. The Kier molecular flexibility index (Phi) is 12.5. The number of hydrogen-bond donors (Lipinski definition) is 0. The van der Waals surface area contributed by atoms with Gasteiger partial charge >= 0.3 is 5.97 Å². The van der Waals surface area contributed by atoms with Gasteiger partial charge in [0.15, 0.2) is 6.61 Å². The van der Waals surface area contributed by atoms with E-state index in [0.29, 0.717) is 41.3 Å². The number of hydrogen-bond acceptors (Lipinski definition) is 6. The summed E-state index contributed by atoms with van der Waals surface area (Å²) in [4.78, 5) is 33.3. The molecule has 1 aromatic carbocycles. The van der Waals surface area contributed by atoms with E-state index in [0.717, 1.165) is 56.3 Å². The first-order valence-electron chi connectivity index (χ1n) is 14.2. The molecule has 2 aliphatic heterocycles. The third-order valence-electron chi connectivity index (χ3n) is 7.02. The van der Waals surface area contributed by atoms with Gasteiger partial charge in [0.05, 0.1) is 17.4 Å². The average Bonchev–Trinajstić information content (AvgIpc) is 2.91. The third-order valence-corrected chi connectivity index (χ3v) is 7.54. The molecule has 0 radical (unpaired) electrons. The highest BCUT2D eigenvalue weighted by Crippen LogP contribution is 2.30. The minimum absolute atomic E-state index is 0.0684. The van der Waals surface area contributed by atoms with Crippen LogP contribution in [0.4, 0.5) is 0 Å². The molecule has 0 aromatic heterocycles. The molecule has 0 N–H and O–H groups in total. The number of oxime groups is 1. The minimum Gasteiger partial charge on any atom is -0.459 e. The lowest BCUT2D eigenvalue weighted by molar-refractivity contribution is -0.137. The Morgan fingerprint density at radius 1 is 1.15 bits per heavy atom. The van der Waals surface area contributed by atoms with E-state index in [2.05, 4.69) is 12.1 Å². The molecule has 2 atom stereocenters. The van der Waals surface area contributed by atoms with Crippen molar-refractivity contribution in [3.05, 3.63) is 57.6 Å². The number of likely N-dealkylation sites (tertiary alicyclic amines) is 1. The van der Waals surface area contributed by atoms with Crippen molar-refractivity contribution < 1.29 is 23.9 Å². The Hall–Kier alpha value is -2.64. The molecule has 0 spiro atoms. The Bertz CT molecular complexity index is 1080. The zero-order chi connectivity index (χ0) is 28.2. The average molecular weight is 559 g/mol. The zero-order valence-electron chi connectivity index (χ0n) is 23.8. The second kappa shape index (κ2) is 15.8. The van der Waals surface area contributed by atoms with Crippen LogP contribution in [-0.4, -0.2) is 61.0 Å². The van der Waals surface area contributed by atoms with Gasteiger partial charge < -0.3 is 19.2 Å². The lowest BCUT2D eigenvalue weighted by Crippen LogP contribution is -2.37. The number of nitrogens with zero attached hydrogens (tertiary/aromatic N) is 2. The van der Waals surface area contributed by atoms with Crippen LogP contribution in [0.1, 0.15) is 85.8 Å². The topological polar surface area (TPSA) is 77.4 Å². The normalized spacial score (nSPS) is 22.6. The SMILES string of the molecule is CCCCOC1C=CC[C@@H](C)OC(=O)c2c(C)cc(C)c(Cl)c2CC(=N/OCC(=O)N2CCCCC2)/C=C/C1. The lowest BCUT2D eigenvalue weighted by Gasteiger charge is -2.26. The van der Waals surface area contributed by atoms with E-state index >= 15 is 0 Å².